The summed E-state index contributed by atoms with van der Waals surface area (Å²) in [6, 6.07) is 6.02. The predicted molar refractivity (Wildman–Crippen MR) is 114 cm³/mol. The van der Waals surface area contributed by atoms with Crippen molar-refractivity contribution in [2.75, 3.05) is 25.4 Å². The summed E-state index contributed by atoms with van der Waals surface area (Å²) in [5.74, 6) is -0.785. The van der Waals surface area contributed by atoms with Crippen LogP contribution in [-0.4, -0.2) is 65.9 Å². The monoisotopic (exact) mass is 451 g/mol. The number of piperidine rings is 2. The highest BCUT2D eigenvalue weighted by atomic mass is 32.2. The summed E-state index contributed by atoms with van der Waals surface area (Å²) in [5, 5.41) is 0.614. The second-order valence-electron chi connectivity index (χ2n) is 7.73. The SMILES string of the molecule is Cc1cccc2sc(OC3CCN(S(=O)(=O)CCN4C(=O)CCCC4=O)CC3)nc12. The molecule has 4 rings (SSSR count). The van der Waals surface area contributed by atoms with E-state index in [0.29, 0.717) is 50.4 Å². The van der Waals surface area contributed by atoms with Crippen molar-refractivity contribution in [2.45, 2.75) is 45.1 Å². The minimum atomic E-state index is -3.53. The summed E-state index contributed by atoms with van der Waals surface area (Å²) in [6.07, 6.45) is 2.23. The number of amides is 2. The highest BCUT2D eigenvalue weighted by molar-refractivity contribution is 7.89. The molecule has 30 heavy (non-hydrogen) atoms. The first-order chi connectivity index (χ1) is 14.3. The third kappa shape index (κ3) is 4.50. The van der Waals surface area contributed by atoms with Gasteiger partial charge in [0, 0.05) is 32.5 Å². The average Bonchev–Trinajstić information content (AvgIpc) is 3.12. The molecule has 8 nitrogen and oxygen atoms in total. The molecule has 1 aromatic carbocycles. The Morgan fingerprint density at radius 1 is 1.17 bits per heavy atom. The fraction of sp³-hybridized carbons (Fsp3) is 0.550. The zero-order chi connectivity index (χ0) is 21.3. The lowest BCUT2D eigenvalue weighted by Crippen LogP contribution is -2.47. The summed E-state index contributed by atoms with van der Waals surface area (Å²) < 4.78 is 33.9. The van der Waals surface area contributed by atoms with Gasteiger partial charge in [-0.2, -0.15) is 0 Å². The Labute approximate surface area is 179 Å². The van der Waals surface area contributed by atoms with Crippen LogP contribution in [0, 0.1) is 6.92 Å². The number of fused-ring (bicyclic) bond motifs is 1. The van der Waals surface area contributed by atoms with E-state index in [-0.39, 0.29) is 30.2 Å². The minimum Gasteiger partial charge on any atom is -0.467 e. The second kappa shape index (κ2) is 8.60. The molecule has 2 amide bonds. The number of aryl methyl sites for hydroxylation is 1. The van der Waals surface area contributed by atoms with E-state index in [2.05, 4.69) is 4.98 Å². The summed E-state index contributed by atoms with van der Waals surface area (Å²) in [4.78, 5) is 29.4. The van der Waals surface area contributed by atoms with E-state index in [9.17, 15) is 18.0 Å². The van der Waals surface area contributed by atoms with Gasteiger partial charge >= 0.3 is 0 Å². The van der Waals surface area contributed by atoms with E-state index in [4.69, 9.17) is 4.74 Å². The van der Waals surface area contributed by atoms with Gasteiger partial charge in [-0.3, -0.25) is 14.5 Å². The maximum absolute atomic E-state index is 12.7. The molecule has 10 heteroatoms. The van der Waals surface area contributed by atoms with E-state index in [1.54, 1.807) is 0 Å². The van der Waals surface area contributed by atoms with Crippen molar-refractivity contribution in [2.24, 2.45) is 0 Å². The summed E-state index contributed by atoms with van der Waals surface area (Å²) in [6.45, 7) is 2.67. The van der Waals surface area contributed by atoms with Gasteiger partial charge in [0.25, 0.3) is 5.19 Å². The first-order valence-electron chi connectivity index (χ1n) is 10.2. The van der Waals surface area contributed by atoms with Gasteiger partial charge in [0.15, 0.2) is 0 Å². The molecule has 0 atom stereocenters. The number of nitrogens with zero attached hydrogens (tertiary/aromatic N) is 3. The Morgan fingerprint density at radius 3 is 2.53 bits per heavy atom. The van der Waals surface area contributed by atoms with Crippen molar-refractivity contribution in [3.8, 4) is 5.19 Å². The maximum atomic E-state index is 12.7. The van der Waals surface area contributed by atoms with Crippen molar-refractivity contribution in [1.29, 1.82) is 0 Å². The Hall–Kier alpha value is -2.04. The van der Waals surface area contributed by atoms with Crippen LogP contribution in [0.25, 0.3) is 10.2 Å². The third-order valence-electron chi connectivity index (χ3n) is 5.62. The molecule has 3 heterocycles. The van der Waals surface area contributed by atoms with Crippen LogP contribution >= 0.6 is 11.3 Å². The van der Waals surface area contributed by atoms with Crippen LogP contribution in [0.4, 0.5) is 0 Å². The molecule has 2 aliphatic heterocycles. The summed E-state index contributed by atoms with van der Waals surface area (Å²) in [7, 11) is -3.53. The van der Waals surface area contributed by atoms with Crippen molar-refractivity contribution >= 4 is 43.4 Å². The molecule has 2 aliphatic rings. The van der Waals surface area contributed by atoms with Gasteiger partial charge in [0.1, 0.15) is 6.10 Å². The van der Waals surface area contributed by atoms with Crippen molar-refractivity contribution in [3.05, 3.63) is 23.8 Å². The molecule has 1 aromatic heterocycles. The fourth-order valence-electron chi connectivity index (χ4n) is 3.87. The van der Waals surface area contributed by atoms with E-state index < -0.39 is 10.0 Å². The molecule has 0 radical (unpaired) electrons. The zero-order valence-corrected chi connectivity index (χ0v) is 18.5. The minimum absolute atomic E-state index is 0.0680. The molecule has 0 saturated carbocycles. The van der Waals surface area contributed by atoms with Crippen LogP contribution in [0.2, 0.25) is 0 Å². The van der Waals surface area contributed by atoms with Gasteiger partial charge in [-0.05, 0) is 37.8 Å². The topological polar surface area (TPSA) is 96.9 Å². The quantitative estimate of drug-likeness (QED) is 0.626. The number of carbonyl (C=O) groups excluding carboxylic acids is 2. The number of ether oxygens (including phenoxy) is 1. The van der Waals surface area contributed by atoms with E-state index >= 15 is 0 Å². The zero-order valence-electron chi connectivity index (χ0n) is 16.9. The molecule has 0 aliphatic carbocycles. The molecule has 2 aromatic rings. The lowest BCUT2D eigenvalue weighted by atomic mass is 10.1. The van der Waals surface area contributed by atoms with E-state index in [1.165, 1.54) is 15.6 Å². The van der Waals surface area contributed by atoms with Crippen molar-refractivity contribution in [1.82, 2.24) is 14.2 Å². The van der Waals surface area contributed by atoms with Gasteiger partial charge in [0.05, 0.1) is 16.0 Å². The summed E-state index contributed by atoms with van der Waals surface area (Å²) in [5.41, 5.74) is 2.05. The number of para-hydroxylation sites is 1. The smallest absolute Gasteiger partial charge is 0.274 e. The number of likely N-dealkylation sites (tertiary alicyclic amines) is 1. The number of hydrogen-bond donors (Lipinski definition) is 0. The number of sulfonamides is 1. The normalized spacial score (nSPS) is 19.6. The lowest BCUT2D eigenvalue weighted by Gasteiger charge is -2.31. The van der Waals surface area contributed by atoms with Gasteiger partial charge in [0.2, 0.25) is 21.8 Å². The van der Waals surface area contributed by atoms with Gasteiger partial charge < -0.3 is 4.74 Å². The Bertz CT molecular complexity index is 1040. The Morgan fingerprint density at radius 2 is 1.87 bits per heavy atom. The highest BCUT2D eigenvalue weighted by Gasteiger charge is 2.32. The number of benzene rings is 1. The Balaban J connectivity index is 1.31. The maximum Gasteiger partial charge on any atom is 0.274 e. The lowest BCUT2D eigenvalue weighted by molar-refractivity contribution is -0.147. The number of carbonyl (C=O) groups is 2. The summed E-state index contributed by atoms with van der Waals surface area (Å²) >= 11 is 1.50. The molecular weight excluding hydrogens is 426 g/mol. The van der Waals surface area contributed by atoms with Crippen molar-refractivity contribution < 1.29 is 22.7 Å². The van der Waals surface area contributed by atoms with Crippen molar-refractivity contribution in [3.63, 3.8) is 0 Å². The molecule has 0 N–H and O–H groups in total. The molecule has 0 unspecified atom stereocenters. The molecular formula is C20H25N3O5S2. The second-order valence-corrected chi connectivity index (χ2v) is 10.8. The first-order valence-corrected chi connectivity index (χ1v) is 12.6. The number of thiazole rings is 1. The first kappa shape index (κ1) is 21.2. The molecule has 162 valence electrons. The van der Waals surface area contributed by atoms with Gasteiger partial charge in [-0.15, -0.1) is 0 Å². The molecule has 2 fully saturated rings. The van der Waals surface area contributed by atoms with Crippen LogP contribution in [0.3, 0.4) is 0 Å². The van der Waals surface area contributed by atoms with Crippen LogP contribution in [0.5, 0.6) is 5.19 Å². The third-order valence-corrected chi connectivity index (χ3v) is 8.38. The van der Waals surface area contributed by atoms with E-state index in [0.717, 1.165) is 20.7 Å². The van der Waals surface area contributed by atoms with Gasteiger partial charge in [-0.1, -0.05) is 23.5 Å². The number of hydrogen-bond acceptors (Lipinski definition) is 7. The number of imide groups is 1. The number of aromatic nitrogens is 1. The standard InChI is InChI=1S/C20H25N3O5S2/c1-14-4-2-5-16-19(14)21-20(29-16)28-15-8-10-22(11-9-15)30(26,27)13-12-23-17(24)6-3-7-18(23)25/h2,4-5,15H,3,6-13H2,1H3. The largest absolute Gasteiger partial charge is 0.467 e. The molecule has 2 saturated heterocycles. The predicted octanol–water partition coefficient (Wildman–Crippen LogP) is 2.32. The van der Waals surface area contributed by atoms with Crippen LogP contribution in [-0.2, 0) is 19.6 Å². The average molecular weight is 452 g/mol. The molecule has 0 spiro atoms. The molecule has 0 bridgehead atoms. The van der Waals surface area contributed by atoms with Gasteiger partial charge in [-0.25, -0.2) is 17.7 Å². The Kier molecular flexibility index (Phi) is 6.08. The number of rotatable bonds is 6. The highest BCUT2D eigenvalue weighted by Crippen LogP contribution is 2.31. The van der Waals surface area contributed by atoms with E-state index in [1.807, 2.05) is 25.1 Å². The van der Waals surface area contributed by atoms with Crippen LogP contribution in [0.15, 0.2) is 18.2 Å². The van der Waals surface area contributed by atoms with Crippen LogP contribution < -0.4 is 4.74 Å². The fourth-order valence-corrected chi connectivity index (χ4v) is 6.27. The van der Waals surface area contributed by atoms with Crippen LogP contribution in [0.1, 0.15) is 37.7 Å².